The van der Waals surface area contributed by atoms with E-state index in [0.717, 1.165) is 17.1 Å². The summed E-state index contributed by atoms with van der Waals surface area (Å²) in [4.78, 5) is 5.29. The summed E-state index contributed by atoms with van der Waals surface area (Å²) in [5, 5.41) is 5.07. The molecule has 226 valence electrons. The van der Waals surface area contributed by atoms with Gasteiger partial charge in [-0.25, -0.2) is 4.98 Å². The first-order valence-corrected chi connectivity index (χ1v) is 16.9. The number of hydrogen-bond donors (Lipinski definition) is 0. The molecule has 2 atom stereocenters. The smallest absolute Gasteiger partial charge is 0.145 e. The first-order chi connectivity index (χ1) is 23.8. The van der Waals surface area contributed by atoms with E-state index in [1.165, 1.54) is 72.7 Å². The van der Waals surface area contributed by atoms with Crippen molar-refractivity contribution < 1.29 is 0 Å². The van der Waals surface area contributed by atoms with Crippen LogP contribution in [0.4, 0.5) is 0 Å². The molecule has 8 aromatic rings. The Morgan fingerprint density at radius 3 is 1.69 bits per heavy atom. The topological polar surface area (TPSA) is 17.8 Å². The Kier molecular flexibility index (Phi) is 6.10. The van der Waals surface area contributed by atoms with Gasteiger partial charge in [0, 0.05) is 17.2 Å². The van der Waals surface area contributed by atoms with Gasteiger partial charge in [-0.3, -0.25) is 4.57 Å². The Balaban J connectivity index is 1.15. The number of aromatic nitrogens is 2. The van der Waals surface area contributed by atoms with Gasteiger partial charge in [-0.05, 0) is 91.5 Å². The van der Waals surface area contributed by atoms with Crippen molar-refractivity contribution in [2.24, 2.45) is 5.92 Å². The highest BCUT2D eigenvalue weighted by Gasteiger charge is 2.43. The second kappa shape index (κ2) is 10.8. The van der Waals surface area contributed by atoms with E-state index in [2.05, 4.69) is 174 Å². The van der Waals surface area contributed by atoms with Crippen LogP contribution in [0.3, 0.4) is 0 Å². The maximum atomic E-state index is 5.29. The second-order valence-electron chi connectivity index (χ2n) is 13.1. The summed E-state index contributed by atoms with van der Waals surface area (Å²) >= 11 is 0. The van der Waals surface area contributed by atoms with Crippen LogP contribution < -0.4 is 0 Å². The molecule has 0 saturated heterocycles. The Labute approximate surface area is 280 Å². The molecule has 2 aliphatic rings. The van der Waals surface area contributed by atoms with Crippen LogP contribution in [0.1, 0.15) is 23.7 Å². The van der Waals surface area contributed by atoms with Crippen molar-refractivity contribution >= 4 is 27.6 Å². The maximum absolute atomic E-state index is 5.29. The van der Waals surface area contributed by atoms with Crippen LogP contribution in [-0.4, -0.2) is 9.55 Å². The number of fused-ring (bicyclic) bond motifs is 5. The molecule has 10 rings (SSSR count). The summed E-state index contributed by atoms with van der Waals surface area (Å²) in [5.41, 5.74) is 12.2. The van der Waals surface area contributed by atoms with Gasteiger partial charge in [-0.2, -0.15) is 0 Å². The first-order valence-electron chi connectivity index (χ1n) is 16.9. The number of hydrogen-bond acceptors (Lipinski definition) is 1. The zero-order valence-electron chi connectivity index (χ0n) is 26.4. The maximum Gasteiger partial charge on any atom is 0.145 e. The van der Waals surface area contributed by atoms with Gasteiger partial charge in [0.1, 0.15) is 5.82 Å². The molecule has 0 amide bonds. The highest BCUT2D eigenvalue weighted by atomic mass is 15.1. The van der Waals surface area contributed by atoms with Gasteiger partial charge in [0.05, 0.1) is 11.4 Å². The molecule has 1 heterocycles. The molecule has 1 fully saturated rings. The van der Waals surface area contributed by atoms with Crippen molar-refractivity contribution in [1.29, 1.82) is 0 Å². The summed E-state index contributed by atoms with van der Waals surface area (Å²) in [7, 11) is 0. The number of imidazole rings is 1. The molecule has 1 aromatic heterocycles. The predicted molar refractivity (Wildman–Crippen MR) is 200 cm³/mol. The summed E-state index contributed by atoms with van der Waals surface area (Å²) < 4.78 is 2.34. The summed E-state index contributed by atoms with van der Waals surface area (Å²) in [6, 6.07) is 57.2. The van der Waals surface area contributed by atoms with Gasteiger partial charge in [-0.1, -0.05) is 146 Å². The fraction of sp³-hybridized carbons (Fsp3) is 0.0652. The van der Waals surface area contributed by atoms with Crippen LogP contribution in [0, 0.1) is 5.92 Å². The average molecular weight is 613 g/mol. The minimum atomic E-state index is 0.557. The number of para-hydroxylation sites is 1. The van der Waals surface area contributed by atoms with Crippen LogP contribution >= 0.6 is 0 Å². The predicted octanol–water partition coefficient (Wildman–Crippen LogP) is 12.0. The van der Waals surface area contributed by atoms with E-state index in [4.69, 9.17) is 4.98 Å². The summed E-state index contributed by atoms with van der Waals surface area (Å²) in [6.07, 6.45) is 5.87. The van der Waals surface area contributed by atoms with Crippen molar-refractivity contribution in [3.63, 3.8) is 0 Å². The Morgan fingerprint density at radius 1 is 0.479 bits per heavy atom. The van der Waals surface area contributed by atoms with E-state index in [0.29, 0.717) is 11.8 Å². The van der Waals surface area contributed by atoms with Crippen LogP contribution in [0.25, 0.3) is 78.1 Å². The van der Waals surface area contributed by atoms with E-state index >= 15 is 0 Å². The standard InChI is InChI=1S/C46H32N2/c1-4-12-31(13-5-1)43-37-18-10-11-19-38(37)44(32-14-6-2-7-15-32)41-28-34(24-26-39(41)43)30-20-22-33(23-21-30)46-47-45-40-29-35(40)25-27-42(45)48(46)36-16-8-3-9-17-36/h1-28,35,40H,29H2. The molecule has 0 spiro atoms. The van der Waals surface area contributed by atoms with Crippen molar-refractivity contribution in [2.75, 3.05) is 0 Å². The largest absolute Gasteiger partial charge is 0.293 e. The lowest BCUT2D eigenvalue weighted by molar-refractivity contribution is 0.947. The number of benzene rings is 7. The molecule has 0 bridgehead atoms. The van der Waals surface area contributed by atoms with Crippen molar-refractivity contribution in [2.45, 2.75) is 12.3 Å². The Morgan fingerprint density at radius 2 is 1.02 bits per heavy atom. The second-order valence-corrected chi connectivity index (χ2v) is 13.1. The molecule has 2 aliphatic carbocycles. The van der Waals surface area contributed by atoms with Crippen LogP contribution in [0.5, 0.6) is 0 Å². The lowest BCUT2D eigenvalue weighted by Gasteiger charge is -2.18. The third-order valence-electron chi connectivity index (χ3n) is 10.3. The molecular formula is C46H32N2. The molecule has 0 N–H and O–H groups in total. The molecule has 0 aliphatic heterocycles. The number of allylic oxidation sites excluding steroid dienone is 1. The van der Waals surface area contributed by atoms with Crippen LogP contribution in [0.15, 0.2) is 164 Å². The molecule has 2 unspecified atom stereocenters. The molecule has 7 aromatic carbocycles. The minimum absolute atomic E-state index is 0.557. The molecule has 2 nitrogen and oxygen atoms in total. The van der Waals surface area contributed by atoms with E-state index in [-0.39, 0.29) is 0 Å². The lowest BCUT2D eigenvalue weighted by Crippen LogP contribution is -2.01. The lowest BCUT2D eigenvalue weighted by atomic mass is 9.85. The molecule has 48 heavy (non-hydrogen) atoms. The highest BCUT2D eigenvalue weighted by molar-refractivity contribution is 6.21. The third kappa shape index (κ3) is 4.30. The average Bonchev–Trinajstić information content (AvgIpc) is 3.86. The molecule has 0 radical (unpaired) electrons. The van der Waals surface area contributed by atoms with E-state index in [1.807, 2.05) is 0 Å². The van der Waals surface area contributed by atoms with E-state index < -0.39 is 0 Å². The van der Waals surface area contributed by atoms with Crippen LogP contribution in [-0.2, 0) is 0 Å². The monoisotopic (exact) mass is 612 g/mol. The van der Waals surface area contributed by atoms with Crippen molar-refractivity contribution in [1.82, 2.24) is 9.55 Å². The number of nitrogens with zero attached hydrogens (tertiary/aromatic N) is 2. The SMILES string of the molecule is C1=CC2CC2c2nc(-c3ccc(-c4ccc5c(-c6ccccc6)c6ccccc6c(-c6ccccc6)c5c4)cc3)n(-c3ccccc3)c21. The Hall–Kier alpha value is -5.99. The quantitative estimate of drug-likeness (QED) is 0.177. The normalized spacial score (nSPS) is 16.2. The van der Waals surface area contributed by atoms with Gasteiger partial charge >= 0.3 is 0 Å². The van der Waals surface area contributed by atoms with Crippen LogP contribution in [0.2, 0.25) is 0 Å². The highest BCUT2D eigenvalue weighted by Crippen LogP contribution is 2.53. The van der Waals surface area contributed by atoms with Gasteiger partial charge < -0.3 is 0 Å². The zero-order valence-corrected chi connectivity index (χ0v) is 26.4. The minimum Gasteiger partial charge on any atom is -0.293 e. The van der Waals surface area contributed by atoms with Gasteiger partial charge in [0.2, 0.25) is 0 Å². The van der Waals surface area contributed by atoms with Gasteiger partial charge in [0.25, 0.3) is 0 Å². The van der Waals surface area contributed by atoms with Gasteiger partial charge in [0.15, 0.2) is 0 Å². The third-order valence-corrected chi connectivity index (χ3v) is 10.3. The summed E-state index contributed by atoms with van der Waals surface area (Å²) in [5.74, 6) is 2.22. The van der Waals surface area contributed by atoms with E-state index in [9.17, 15) is 0 Å². The Bertz CT molecular complexity index is 2510. The zero-order chi connectivity index (χ0) is 31.6. The first kappa shape index (κ1) is 27.2. The fourth-order valence-corrected chi connectivity index (χ4v) is 7.87. The summed E-state index contributed by atoms with van der Waals surface area (Å²) in [6.45, 7) is 0. The van der Waals surface area contributed by atoms with Gasteiger partial charge in [-0.15, -0.1) is 0 Å². The molecular weight excluding hydrogens is 581 g/mol. The van der Waals surface area contributed by atoms with Crippen molar-refractivity contribution in [3.05, 3.63) is 175 Å². The number of rotatable bonds is 5. The molecule has 1 saturated carbocycles. The molecule has 2 heteroatoms. The van der Waals surface area contributed by atoms with E-state index in [1.54, 1.807) is 0 Å². The van der Waals surface area contributed by atoms with Crippen molar-refractivity contribution in [3.8, 4) is 50.5 Å². The fourth-order valence-electron chi connectivity index (χ4n) is 7.87.